The summed E-state index contributed by atoms with van der Waals surface area (Å²) in [5.74, 6) is 0. The van der Waals surface area contributed by atoms with Crippen molar-refractivity contribution in [2.45, 2.75) is 0 Å². The number of hydrogen-bond acceptors (Lipinski definition) is 1. The average Bonchev–Trinajstić information content (AvgIpc) is 1.35. The predicted molar refractivity (Wildman–Crippen MR) is 33.0 cm³/mol. The monoisotopic (exact) mass is 123 g/mol. The van der Waals surface area contributed by atoms with E-state index in [0.29, 0.717) is 0 Å². The first-order valence-electron chi connectivity index (χ1n) is 1.68. The molecule has 0 rings (SSSR count). The summed E-state index contributed by atoms with van der Waals surface area (Å²) in [5, 5.41) is 0. The van der Waals surface area contributed by atoms with Gasteiger partial charge >= 0.3 is 0 Å². The molecule has 0 saturated carbocycles. The van der Waals surface area contributed by atoms with Crippen molar-refractivity contribution in [3.63, 3.8) is 0 Å². The third-order valence-corrected chi connectivity index (χ3v) is 1.36. The standard InChI is InChI=1S/C3H9OP2/c1-4-3-6(2)5/h5H,3H2,1-2H3/q+1. The van der Waals surface area contributed by atoms with E-state index < -0.39 is 0 Å². The van der Waals surface area contributed by atoms with Gasteiger partial charge in [0.1, 0.15) is 22.4 Å². The quantitative estimate of drug-likeness (QED) is 0.508. The van der Waals surface area contributed by atoms with Crippen molar-refractivity contribution in [3.05, 3.63) is 0 Å². The minimum Gasteiger partial charge on any atom is -0.343 e. The Morgan fingerprint density at radius 2 is 2.33 bits per heavy atom. The highest BCUT2D eigenvalue weighted by molar-refractivity contribution is 7.85. The van der Waals surface area contributed by atoms with Crippen molar-refractivity contribution in [3.8, 4) is 0 Å². The molecule has 36 valence electrons. The zero-order valence-electron chi connectivity index (χ0n) is 4.06. The maximum atomic E-state index is 4.78. The van der Waals surface area contributed by atoms with Gasteiger partial charge in [0.25, 0.3) is 0 Å². The summed E-state index contributed by atoms with van der Waals surface area (Å²) in [6.07, 6.45) is 0.853. The van der Waals surface area contributed by atoms with Gasteiger partial charge in [0, 0.05) is 7.11 Å². The molecule has 0 radical (unpaired) electrons. The van der Waals surface area contributed by atoms with Crippen molar-refractivity contribution >= 4 is 15.7 Å². The van der Waals surface area contributed by atoms with Gasteiger partial charge in [-0.3, -0.25) is 0 Å². The topological polar surface area (TPSA) is 9.23 Å². The normalized spacial score (nSPS) is 11.3. The molecule has 1 nitrogen and oxygen atoms in total. The largest absolute Gasteiger partial charge is 0.343 e. The van der Waals surface area contributed by atoms with Gasteiger partial charge in [-0.05, 0) is 0 Å². The molecule has 0 aliphatic heterocycles. The van der Waals surface area contributed by atoms with Gasteiger partial charge in [0.15, 0.2) is 0 Å². The molecule has 0 bridgehead atoms. The lowest BCUT2D eigenvalue weighted by Crippen LogP contribution is -1.74. The van der Waals surface area contributed by atoms with Gasteiger partial charge < -0.3 is 4.74 Å². The lowest BCUT2D eigenvalue weighted by atomic mass is 11.5. The highest BCUT2D eigenvalue weighted by Crippen LogP contribution is 2.19. The molecule has 1 unspecified atom stereocenters. The Balaban J connectivity index is 2.83. The Kier molecular flexibility index (Phi) is 4.09. The number of methoxy groups -OCH3 is 1. The molecule has 0 N–H and O–H groups in total. The van der Waals surface area contributed by atoms with Crippen LogP contribution in [0.2, 0.25) is 0 Å². The van der Waals surface area contributed by atoms with E-state index in [1.807, 2.05) is 0 Å². The van der Waals surface area contributed by atoms with E-state index in [2.05, 4.69) is 15.2 Å². The lowest BCUT2D eigenvalue weighted by Gasteiger charge is -1.79. The van der Waals surface area contributed by atoms with Crippen molar-refractivity contribution < 1.29 is 4.74 Å². The minimum absolute atomic E-state index is 0.0172. The van der Waals surface area contributed by atoms with E-state index in [1.165, 1.54) is 0 Å². The van der Waals surface area contributed by atoms with Crippen molar-refractivity contribution in [2.24, 2.45) is 0 Å². The van der Waals surface area contributed by atoms with Gasteiger partial charge in [0.2, 0.25) is 6.35 Å². The first-order valence-corrected chi connectivity index (χ1v) is 5.00. The zero-order chi connectivity index (χ0) is 4.99. The molecule has 0 spiro atoms. The van der Waals surface area contributed by atoms with Crippen LogP contribution in [-0.4, -0.2) is 20.1 Å². The molecular weight excluding hydrogens is 114 g/mol. The number of rotatable bonds is 2. The second kappa shape index (κ2) is 3.74. The summed E-state index contributed by atoms with van der Waals surface area (Å²) in [6.45, 7) is 2.11. The molecule has 1 atom stereocenters. The molecule has 0 fully saturated rings. The van der Waals surface area contributed by atoms with Crippen LogP contribution in [-0.2, 0) is 4.74 Å². The fourth-order valence-electron chi connectivity index (χ4n) is 0.194. The van der Waals surface area contributed by atoms with E-state index in [1.54, 1.807) is 7.11 Å². The molecule has 0 amide bonds. The maximum absolute atomic E-state index is 4.78. The van der Waals surface area contributed by atoms with E-state index in [-0.39, 0.29) is 7.21 Å². The SMILES string of the molecule is COC[P+](C)=P. The molecular formula is C3H9OP2+. The number of hydrogen-bond donors (Lipinski definition) is 0. The van der Waals surface area contributed by atoms with Gasteiger partial charge in [-0.2, -0.15) is 0 Å². The summed E-state index contributed by atoms with van der Waals surface area (Å²) < 4.78 is 4.78. The van der Waals surface area contributed by atoms with E-state index in [9.17, 15) is 0 Å². The van der Waals surface area contributed by atoms with Crippen LogP contribution in [0.25, 0.3) is 0 Å². The van der Waals surface area contributed by atoms with Crippen LogP contribution in [0, 0.1) is 0 Å². The third-order valence-electron chi connectivity index (χ3n) is 0.323. The van der Waals surface area contributed by atoms with Crippen LogP contribution >= 0.6 is 15.7 Å². The first-order chi connectivity index (χ1) is 2.77. The Morgan fingerprint density at radius 3 is 2.33 bits per heavy atom. The summed E-state index contributed by atoms with van der Waals surface area (Å²) in [7, 11) is 5.11. The van der Waals surface area contributed by atoms with Crippen LogP contribution < -0.4 is 0 Å². The third kappa shape index (κ3) is 4.56. The van der Waals surface area contributed by atoms with Crippen LogP contribution in [0.4, 0.5) is 0 Å². The van der Waals surface area contributed by atoms with Crippen molar-refractivity contribution in [1.82, 2.24) is 0 Å². The summed E-state index contributed by atoms with van der Waals surface area (Å²) >= 11 is 0. The minimum atomic E-state index is -0.0172. The molecule has 0 saturated heterocycles. The summed E-state index contributed by atoms with van der Waals surface area (Å²) in [4.78, 5) is 0. The Morgan fingerprint density at radius 1 is 1.83 bits per heavy atom. The van der Waals surface area contributed by atoms with Gasteiger partial charge in [0.05, 0.1) is 0 Å². The van der Waals surface area contributed by atoms with Crippen molar-refractivity contribution in [1.29, 1.82) is 0 Å². The highest BCUT2D eigenvalue weighted by atomic mass is 31.7. The van der Waals surface area contributed by atoms with E-state index in [4.69, 9.17) is 4.74 Å². The maximum Gasteiger partial charge on any atom is 0.206 e. The molecule has 0 aliphatic carbocycles. The Hall–Kier alpha value is 0.560. The number of ether oxygens (including phenoxy) is 1. The lowest BCUT2D eigenvalue weighted by molar-refractivity contribution is 0.257. The van der Waals surface area contributed by atoms with Crippen LogP contribution in [0.3, 0.4) is 0 Å². The van der Waals surface area contributed by atoms with E-state index in [0.717, 1.165) is 6.35 Å². The second-order valence-electron chi connectivity index (χ2n) is 1.12. The van der Waals surface area contributed by atoms with E-state index >= 15 is 0 Å². The van der Waals surface area contributed by atoms with Gasteiger partial charge in [-0.15, -0.1) is 0 Å². The Bertz CT molecular complexity index is 52.8. The molecule has 6 heavy (non-hydrogen) atoms. The van der Waals surface area contributed by atoms with Crippen LogP contribution in [0.1, 0.15) is 0 Å². The highest BCUT2D eigenvalue weighted by Gasteiger charge is 1.89. The fourth-order valence-corrected chi connectivity index (χ4v) is 0.968. The second-order valence-corrected chi connectivity index (χ2v) is 5.06. The summed E-state index contributed by atoms with van der Waals surface area (Å²) in [5.41, 5.74) is 0. The van der Waals surface area contributed by atoms with Gasteiger partial charge in [-0.1, -0.05) is 0 Å². The average molecular weight is 123 g/mol. The van der Waals surface area contributed by atoms with Crippen molar-refractivity contribution in [2.75, 3.05) is 20.1 Å². The molecule has 0 aromatic rings. The fraction of sp³-hybridized carbons (Fsp3) is 1.00. The summed E-state index contributed by atoms with van der Waals surface area (Å²) in [6, 6.07) is 0. The zero-order valence-corrected chi connectivity index (χ0v) is 5.96. The Labute approximate surface area is 41.5 Å². The molecule has 0 aromatic carbocycles. The molecule has 0 heterocycles. The first kappa shape index (κ1) is 6.56. The molecule has 0 aromatic heterocycles. The smallest absolute Gasteiger partial charge is 0.206 e. The van der Waals surface area contributed by atoms with Crippen LogP contribution in [0.15, 0.2) is 0 Å². The van der Waals surface area contributed by atoms with Crippen LogP contribution in [0.5, 0.6) is 0 Å². The predicted octanol–water partition coefficient (Wildman–Crippen LogP) is 1.76. The molecule has 3 heteroatoms. The molecule has 0 aliphatic rings. The van der Waals surface area contributed by atoms with Gasteiger partial charge in [-0.25, -0.2) is 0 Å².